The van der Waals surface area contributed by atoms with Crippen LogP contribution in [0.5, 0.6) is 0 Å². The minimum absolute atomic E-state index is 0.231. The third-order valence-electron chi connectivity index (χ3n) is 1.41. The lowest BCUT2D eigenvalue weighted by atomic mass is 10.2. The number of hydrogen-bond donors (Lipinski definition) is 0. The average Bonchev–Trinajstić information content (AvgIpc) is 1.98. The lowest BCUT2D eigenvalue weighted by molar-refractivity contribution is -0.126. The first-order valence-electron chi connectivity index (χ1n) is 3.77. The SMILES string of the molecule is CCCCC(=O)N(P)CC. The Balaban J connectivity index is 3.42. The molecule has 0 bridgehead atoms. The normalized spacial score (nSPS) is 9.50. The fourth-order valence-corrected chi connectivity index (χ4v) is 0.777. The molecule has 10 heavy (non-hydrogen) atoms. The van der Waals surface area contributed by atoms with E-state index in [1.54, 1.807) is 4.67 Å². The molecule has 2 nitrogen and oxygen atoms in total. The second-order valence-corrected chi connectivity index (χ2v) is 2.91. The van der Waals surface area contributed by atoms with Gasteiger partial charge in [0.05, 0.1) is 0 Å². The minimum atomic E-state index is 0.231. The van der Waals surface area contributed by atoms with Gasteiger partial charge in [0.1, 0.15) is 0 Å². The van der Waals surface area contributed by atoms with Gasteiger partial charge in [0.25, 0.3) is 0 Å². The number of nitrogens with zero attached hydrogens (tertiary/aromatic N) is 1. The predicted octanol–water partition coefficient (Wildman–Crippen LogP) is 1.82. The van der Waals surface area contributed by atoms with Crippen molar-refractivity contribution < 1.29 is 4.79 Å². The second-order valence-electron chi connectivity index (χ2n) is 2.28. The third-order valence-corrected chi connectivity index (χ3v) is 2.06. The fourth-order valence-electron chi connectivity index (χ4n) is 0.648. The lowest BCUT2D eigenvalue weighted by Crippen LogP contribution is -2.19. The van der Waals surface area contributed by atoms with Gasteiger partial charge in [0.2, 0.25) is 5.91 Å². The lowest BCUT2D eigenvalue weighted by Gasteiger charge is -2.12. The van der Waals surface area contributed by atoms with Crippen molar-refractivity contribution in [2.45, 2.75) is 33.1 Å². The summed E-state index contributed by atoms with van der Waals surface area (Å²) in [7, 11) is 2.43. The van der Waals surface area contributed by atoms with Crippen LogP contribution in [0.2, 0.25) is 0 Å². The fraction of sp³-hybridized carbons (Fsp3) is 0.857. The number of rotatable bonds is 4. The molecule has 0 saturated carbocycles. The van der Waals surface area contributed by atoms with Crippen LogP contribution in [-0.4, -0.2) is 17.1 Å². The van der Waals surface area contributed by atoms with Crippen LogP contribution < -0.4 is 0 Å². The molecule has 0 rings (SSSR count). The van der Waals surface area contributed by atoms with Crippen LogP contribution in [0.3, 0.4) is 0 Å². The maximum absolute atomic E-state index is 11.0. The Labute approximate surface area is 65.2 Å². The van der Waals surface area contributed by atoms with Crippen molar-refractivity contribution in [3.05, 3.63) is 0 Å². The molecule has 0 aliphatic carbocycles. The average molecular weight is 161 g/mol. The van der Waals surface area contributed by atoms with Gasteiger partial charge in [-0.05, 0) is 22.7 Å². The molecular formula is C7H16NOP. The topological polar surface area (TPSA) is 20.3 Å². The summed E-state index contributed by atoms with van der Waals surface area (Å²) in [5.74, 6) is 0.231. The minimum Gasteiger partial charge on any atom is -0.328 e. The zero-order valence-electron chi connectivity index (χ0n) is 6.76. The van der Waals surface area contributed by atoms with Crippen LogP contribution in [0, 0.1) is 0 Å². The number of unbranched alkanes of at least 4 members (excludes halogenated alkanes) is 1. The van der Waals surface area contributed by atoms with E-state index in [0.717, 1.165) is 19.4 Å². The van der Waals surface area contributed by atoms with E-state index in [9.17, 15) is 4.79 Å². The first-order chi connectivity index (χ1) is 4.72. The van der Waals surface area contributed by atoms with E-state index in [1.807, 2.05) is 6.92 Å². The molecule has 0 fully saturated rings. The maximum Gasteiger partial charge on any atom is 0.225 e. The highest BCUT2D eigenvalue weighted by Gasteiger charge is 2.03. The first-order valence-corrected chi connectivity index (χ1v) is 4.29. The Hall–Kier alpha value is -0.100. The molecule has 0 aliphatic rings. The smallest absolute Gasteiger partial charge is 0.225 e. The highest BCUT2D eigenvalue weighted by molar-refractivity contribution is 7.14. The molecule has 0 N–H and O–H groups in total. The Morgan fingerprint density at radius 2 is 2.10 bits per heavy atom. The third kappa shape index (κ3) is 3.84. The molecule has 0 aromatic heterocycles. The molecule has 0 aromatic carbocycles. The quantitative estimate of drug-likeness (QED) is 0.576. The molecule has 0 heterocycles. The van der Waals surface area contributed by atoms with Gasteiger partial charge >= 0.3 is 0 Å². The van der Waals surface area contributed by atoms with Crippen molar-refractivity contribution in [3.63, 3.8) is 0 Å². The van der Waals surface area contributed by atoms with Crippen molar-refractivity contribution in [1.82, 2.24) is 4.67 Å². The Kier molecular flexibility index (Phi) is 5.61. The predicted molar refractivity (Wildman–Crippen MR) is 46.6 cm³/mol. The molecule has 1 unspecified atom stereocenters. The van der Waals surface area contributed by atoms with E-state index in [1.165, 1.54) is 0 Å². The van der Waals surface area contributed by atoms with E-state index < -0.39 is 0 Å². The molecule has 0 spiro atoms. The largest absolute Gasteiger partial charge is 0.328 e. The van der Waals surface area contributed by atoms with Crippen LogP contribution in [0.25, 0.3) is 0 Å². The summed E-state index contributed by atoms with van der Waals surface area (Å²) >= 11 is 0. The zero-order valence-corrected chi connectivity index (χ0v) is 7.92. The van der Waals surface area contributed by atoms with Gasteiger partial charge in [-0.2, -0.15) is 0 Å². The van der Waals surface area contributed by atoms with Crippen LogP contribution in [0.1, 0.15) is 33.1 Å². The summed E-state index contributed by atoms with van der Waals surface area (Å²) in [6.07, 6.45) is 2.78. The summed E-state index contributed by atoms with van der Waals surface area (Å²) < 4.78 is 1.68. The summed E-state index contributed by atoms with van der Waals surface area (Å²) in [5, 5.41) is 0. The van der Waals surface area contributed by atoms with Gasteiger partial charge in [0.15, 0.2) is 0 Å². The number of carbonyl (C=O) groups is 1. The van der Waals surface area contributed by atoms with Gasteiger partial charge in [-0.3, -0.25) is 4.79 Å². The molecule has 60 valence electrons. The van der Waals surface area contributed by atoms with E-state index in [0.29, 0.717) is 6.42 Å². The number of hydrogen-bond acceptors (Lipinski definition) is 1. The van der Waals surface area contributed by atoms with E-state index in [4.69, 9.17) is 0 Å². The summed E-state index contributed by atoms with van der Waals surface area (Å²) in [4.78, 5) is 11.0. The van der Waals surface area contributed by atoms with Gasteiger partial charge in [0, 0.05) is 13.0 Å². The molecule has 3 heteroatoms. The zero-order chi connectivity index (χ0) is 7.98. The van der Waals surface area contributed by atoms with Crippen LogP contribution >= 0.6 is 9.39 Å². The summed E-state index contributed by atoms with van der Waals surface area (Å²) in [6, 6.07) is 0. The Morgan fingerprint density at radius 3 is 2.50 bits per heavy atom. The van der Waals surface area contributed by atoms with Crippen LogP contribution in [0.15, 0.2) is 0 Å². The molecule has 1 amide bonds. The molecule has 0 radical (unpaired) electrons. The van der Waals surface area contributed by atoms with Gasteiger partial charge in [-0.1, -0.05) is 13.3 Å². The van der Waals surface area contributed by atoms with Gasteiger partial charge in [-0.15, -0.1) is 0 Å². The molecular weight excluding hydrogens is 145 g/mol. The number of carbonyl (C=O) groups excluding carboxylic acids is 1. The monoisotopic (exact) mass is 161 g/mol. The van der Waals surface area contributed by atoms with Crippen molar-refractivity contribution in [2.75, 3.05) is 6.54 Å². The van der Waals surface area contributed by atoms with Gasteiger partial charge < -0.3 is 4.67 Å². The Morgan fingerprint density at radius 1 is 1.50 bits per heavy atom. The standard InChI is InChI=1S/C7H16NOP/c1-3-5-6-7(9)8(10)4-2/h3-6,10H2,1-2H3. The molecule has 0 aromatic rings. The van der Waals surface area contributed by atoms with E-state index in [2.05, 4.69) is 16.3 Å². The highest BCUT2D eigenvalue weighted by atomic mass is 31.0. The molecule has 1 atom stereocenters. The van der Waals surface area contributed by atoms with Crippen molar-refractivity contribution in [1.29, 1.82) is 0 Å². The second kappa shape index (κ2) is 5.67. The maximum atomic E-state index is 11.0. The van der Waals surface area contributed by atoms with Crippen LogP contribution in [-0.2, 0) is 4.79 Å². The first kappa shape index (κ1) is 9.90. The van der Waals surface area contributed by atoms with Crippen LogP contribution in [0.4, 0.5) is 0 Å². The summed E-state index contributed by atoms with van der Waals surface area (Å²) in [6.45, 7) is 4.84. The number of amides is 1. The molecule has 0 saturated heterocycles. The Bertz CT molecular complexity index is 106. The van der Waals surface area contributed by atoms with Crippen molar-refractivity contribution in [3.8, 4) is 0 Å². The highest BCUT2D eigenvalue weighted by Crippen LogP contribution is 2.04. The molecule has 0 aliphatic heterocycles. The van der Waals surface area contributed by atoms with E-state index >= 15 is 0 Å². The van der Waals surface area contributed by atoms with Gasteiger partial charge in [-0.25, -0.2) is 0 Å². The van der Waals surface area contributed by atoms with E-state index in [-0.39, 0.29) is 5.91 Å². The van der Waals surface area contributed by atoms with Crippen molar-refractivity contribution in [2.24, 2.45) is 0 Å². The summed E-state index contributed by atoms with van der Waals surface area (Å²) in [5.41, 5.74) is 0. The van der Waals surface area contributed by atoms with Crippen molar-refractivity contribution >= 4 is 15.3 Å².